The summed E-state index contributed by atoms with van der Waals surface area (Å²) in [6, 6.07) is 0. The van der Waals surface area contributed by atoms with Crippen LogP contribution in [0.3, 0.4) is 0 Å². The van der Waals surface area contributed by atoms with E-state index in [-0.39, 0.29) is 12.4 Å². The molecule has 66 valence electrons. The summed E-state index contributed by atoms with van der Waals surface area (Å²) >= 11 is 0. The van der Waals surface area contributed by atoms with Crippen LogP contribution in [0.1, 0.15) is 13.3 Å². The van der Waals surface area contributed by atoms with Crippen LogP contribution in [0.2, 0.25) is 0 Å². The largest absolute Gasteiger partial charge is 0.465 e. The Morgan fingerprint density at radius 1 is 1.50 bits per heavy atom. The lowest BCUT2D eigenvalue weighted by molar-refractivity contribution is -0.0536. The van der Waals surface area contributed by atoms with Crippen LogP contribution in [0.4, 0.5) is 0 Å². The van der Waals surface area contributed by atoms with E-state index in [0.717, 1.165) is 12.2 Å². The van der Waals surface area contributed by atoms with Gasteiger partial charge in [0, 0.05) is 0 Å². The van der Waals surface area contributed by atoms with Crippen molar-refractivity contribution in [3.8, 4) is 0 Å². The summed E-state index contributed by atoms with van der Waals surface area (Å²) in [5.41, 5.74) is 0. The van der Waals surface area contributed by atoms with Gasteiger partial charge in [-0.15, -0.1) is 0 Å². The molecule has 0 radical (unpaired) electrons. The van der Waals surface area contributed by atoms with Gasteiger partial charge in [0.25, 0.3) is 0 Å². The smallest absolute Gasteiger partial charge is 0.217 e. The van der Waals surface area contributed by atoms with E-state index >= 15 is 0 Å². The predicted octanol–water partition coefficient (Wildman–Crippen LogP) is 1.57. The number of hydrogen-bond acceptors (Lipinski definition) is 3. The summed E-state index contributed by atoms with van der Waals surface area (Å²) in [6.45, 7) is 2.63. The third-order valence-corrected chi connectivity index (χ3v) is 1.83. The molecule has 3 nitrogen and oxygen atoms in total. The first-order valence-corrected chi connectivity index (χ1v) is 4.15. The lowest BCUT2D eigenvalue weighted by Gasteiger charge is -2.15. The first-order valence-electron chi connectivity index (χ1n) is 4.15. The van der Waals surface area contributed by atoms with Gasteiger partial charge >= 0.3 is 0 Å². The average molecular weight is 168 g/mol. The Morgan fingerprint density at radius 2 is 2.42 bits per heavy atom. The molecule has 0 aromatic rings. The molecule has 2 aliphatic rings. The highest BCUT2D eigenvalue weighted by atomic mass is 16.7. The SMILES string of the molecule is CC1COC(C2=CCC=CO2)O1. The van der Waals surface area contributed by atoms with Gasteiger partial charge in [0.05, 0.1) is 19.0 Å². The van der Waals surface area contributed by atoms with Crippen molar-refractivity contribution in [1.29, 1.82) is 0 Å². The van der Waals surface area contributed by atoms with E-state index in [0.29, 0.717) is 6.61 Å². The molecule has 12 heavy (non-hydrogen) atoms. The highest BCUT2D eigenvalue weighted by Gasteiger charge is 2.27. The molecule has 1 fully saturated rings. The Bertz CT molecular complexity index is 220. The van der Waals surface area contributed by atoms with Gasteiger partial charge in [-0.3, -0.25) is 0 Å². The Hall–Kier alpha value is -0.800. The molecule has 2 heterocycles. The molecular weight excluding hydrogens is 156 g/mol. The highest BCUT2D eigenvalue weighted by molar-refractivity contribution is 5.07. The van der Waals surface area contributed by atoms with Crippen LogP contribution in [0, 0.1) is 0 Å². The molecule has 0 aromatic carbocycles. The van der Waals surface area contributed by atoms with E-state index < -0.39 is 0 Å². The first kappa shape index (κ1) is 7.83. The van der Waals surface area contributed by atoms with E-state index in [4.69, 9.17) is 14.2 Å². The van der Waals surface area contributed by atoms with Crippen LogP contribution in [0.15, 0.2) is 24.2 Å². The molecule has 2 rings (SSSR count). The van der Waals surface area contributed by atoms with Crippen molar-refractivity contribution in [3.05, 3.63) is 24.2 Å². The third kappa shape index (κ3) is 1.52. The van der Waals surface area contributed by atoms with Crippen LogP contribution in [-0.4, -0.2) is 19.0 Å². The van der Waals surface area contributed by atoms with Gasteiger partial charge in [0.15, 0.2) is 5.76 Å². The minimum Gasteiger partial charge on any atom is -0.465 e. The fraction of sp³-hybridized carbons (Fsp3) is 0.556. The molecule has 0 saturated carbocycles. The van der Waals surface area contributed by atoms with Crippen molar-refractivity contribution in [3.63, 3.8) is 0 Å². The molecule has 0 aliphatic carbocycles. The molecule has 0 aromatic heterocycles. The number of allylic oxidation sites excluding steroid dienone is 2. The van der Waals surface area contributed by atoms with E-state index in [1.165, 1.54) is 0 Å². The van der Waals surface area contributed by atoms with E-state index in [1.54, 1.807) is 6.26 Å². The van der Waals surface area contributed by atoms with Crippen molar-refractivity contribution in [2.45, 2.75) is 25.7 Å². The van der Waals surface area contributed by atoms with Gasteiger partial charge in [-0.1, -0.05) is 0 Å². The summed E-state index contributed by atoms with van der Waals surface area (Å²) < 4.78 is 16.0. The molecule has 0 N–H and O–H groups in total. The van der Waals surface area contributed by atoms with Gasteiger partial charge in [-0.25, -0.2) is 0 Å². The fourth-order valence-corrected chi connectivity index (χ4v) is 1.23. The molecule has 2 aliphatic heterocycles. The van der Waals surface area contributed by atoms with Crippen LogP contribution in [-0.2, 0) is 14.2 Å². The second-order valence-corrected chi connectivity index (χ2v) is 2.94. The Kier molecular flexibility index (Phi) is 2.15. The summed E-state index contributed by atoms with van der Waals surface area (Å²) in [6.07, 6.45) is 6.37. The second-order valence-electron chi connectivity index (χ2n) is 2.94. The van der Waals surface area contributed by atoms with Crippen molar-refractivity contribution in [2.75, 3.05) is 6.61 Å². The minimum atomic E-state index is -0.287. The van der Waals surface area contributed by atoms with E-state index in [1.807, 2.05) is 19.1 Å². The monoisotopic (exact) mass is 168 g/mol. The van der Waals surface area contributed by atoms with Crippen molar-refractivity contribution in [1.82, 2.24) is 0 Å². The fourth-order valence-electron chi connectivity index (χ4n) is 1.23. The molecule has 0 bridgehead atoms. The maximum absolute atomic E-state index is 5.45. The van der Waals surface area contributed by atoms with Crippen LogP contribution >= 0.6 is 0 Å². The van der Waals surface area contributed by atoms with Crippen LogP contribution in [0.25, 0.3) is 0 Å². The van der Waals surface area contributed by atoms with E-state index in [2.05, 4.69) is 0 Å². The second kappa shape index (κ2) is 3.29. The molecule has 0 amide bonds. The van der Waals surface area contributed by atoms with Gasteiger partial charge in [0.2, 0.25) is 6.29 Å². The summed E-state index contributed by atoms with van der Waals surface area (Å²) in [4.78, 5) is 0. The van der Waals surface area contributed by atoms with Gasteiger partial charge in [0.1, 0.15) is 0 Å². The minimum absolute atomic E-state index is 0.172. The maximum Gasteiger partial charge on any atom is 0.217 e. The normalized spacial score (nSPS) is 34.6. The maximum atomic E-state index is 5.45. The molecule has 2 unspecified atom stereocenters. The van der Waals surface area contributed by atoms with Crippen molar-refractivity contribution >= 4 is 0 Å². The van der Waals surface area contributed by atoms with Crippen molar-refractivity contribution in [2.24, 2.45) is 0 Å². The number of hydrogen-bond donors (Lipinski definition) is 0. The number of rotatable bonds is 1. The summed E-state index contributed by atoms with van der Waals surface area (Å²) in [7, 11) is 0. The molecule has 2 atom stereocenters. The zero-order valence-electron chi connectivity index (χ0n) is 7.03. The number of ether oxygens (including phenoxy) is 3. The first-order chi connectivity index (χ1) is 5.86. The zero-order valence-corrected chi connectivity index (χ0v) is 7.03. The lowest BCUT2D eigenvalue weighted by Crippen LogP contribution is -2.14. The van der Waals surface area contributed by atoms with Crippen LogP contribution in [0.5, 0.6) is 0 Å². The molecule has 0 spiro atoms. The third-order valence-electron chi connectivity index (χ3n) is 1.83. The van der Waals surface area contributed by atoms with Crippen LogP contribution < -0.4 is 0 Å². The highest BCUT2D eigenvalue weighted by Crippen LogP contribution is 2.21. The van der Waals surface area contributed by atoms with E-state index in [9.17, 15) is 0 Å². The Labute approximate surface area is 71.6 Å². The van der Waals surface area contributed by atoms with Crippen molar-refractivity contribution < 1.29 is 14.2 Å². The van der Waals surface area contributed by atoms with Gasteiger partial charge < -0.3 is 14.2 Å². The summed E-state index contributed by atoms with van der Waals surface area (Å²) in [5.74, 6) is 0.779. The topological polar surface area (TPSA) is 27.7 Å². The Balaban J connectivity index is 1.96. The van der Waals surface area contributed by atoms with Gasteiger partial charge in [-0.05, 0) is 25.5 Å². The molecule has 1 saturated heterocycles. The zero-order chi connectivity index (χ0) is 8.39. The van der Waals surface area contributed by atoms with Gasteiger partial charge in [-0.2, -0.15) is 0 Å². The average Bonchev–Trinajstić information content (AvgIpc) is 2.54. The molecular formula is C9H12O3. The quantitative estimate of drug-likeness (QED) is 0.594. The molecule has 3 heteroatoms. The Morgan fingerprint density at radius 3 is 3.00 bits per heavy atom. The summed E-state index contributed by atoms with van der Waals surface area (Å²) in [5, 5.41) is 0. The standard InChI is InChI=1S/C9H12O3/c1-7-6-11-9(12-7)8-4-2-3-5-10-8/h3-5,7,9H,2,6H2,1H3. The lowest BCUT2D eigenvalue weighted by atomic mass is 10.3. The predicted molar refractivity (Wildman–Crippen MR) is 43.2 cm³/mol.